The highest BCUT2D eigenvalue weighted by atomic mass is 16.5. The Labute approximate surface area is 161 Å². The molecule has 2 aliphatic heterocycles. The van der Waals surface area contributed by atoms with Crippen molar-refractivity contribution in [2.24, 2.45) is 5.92 Å². The molecule has 2 amide bonds. The fourth-order valence-electron chi connectivity index (χ4n) is 3.58. The van der Waals surface area contributed by atoms with E-state index in [0.717, 1.165) is 51.0 Å². The van der Waals surface area contributed by atoms with Crippen molar-refractivity contribution in [1.29, 1.82) is 0 Å². The Morgan fingerprint density at radius 3 is 2.56 bits per heavy atom. The number of carbonyl (C=O) groups is 2. The Morgan fingerprint density at radius 1 is 1.19 bits per heavy atom. The number of piperidine rings is 1. The Hall–Kier alpha value is -2.08. The molecule has 2 aliphatic rings. The summed E-state index contributed by atoms with van der Waals surface area (Å²) in [6, 6.07) is 7.31. The third kappa shape index (κ3) is 5.45. The number of ether oxygens (including phenoxy) is 2. The van der Waals surface area contributed by atoms with E-state index < -0.39 is 0 Å². The molecule has 6 heteroatoms. The predicted molar refractivity (Wildman–Crippen MR) is 103 cm³/mol. The van der Waals surface area contributed by atoms with E-state index in [1.165, 1.54) is 0 Å². The normalized spacial score (nSPS) is 20.5. The van der Waals surface area contributed by atoms with Crippen molar-refractivity contribution in [2.75, 3.05) is 32.8 Å². The summed E-state index contributed by atoms with van der Waals surface area (Å²) in [5.74, 6) is 0.923. The first kappa shape index (κ1) is 19.7. The number of carbonyl (C=O) groups excluding carboxylic acids is 2. The van der Waals surface area contributed by atoms with Crippen LogP contribution in [0.1, 0.15) is 49.4 Å². The molecule has 0 aliphatic carbocycles. The van der Waals surface area contributed by atoms with Gasteiger partial charge in [0.05, 0.1) is 6.10 Å². The highest BCUT2D eigenvalue weighted by Crippen LogP contribution is 2.21. The fourth-order valence-corrected chi connectivity index (χ4v) is 3.58. The third-order valence-electron chi connectivity index (χ3n) is 5.26. The van der Waals surface area contributed by atoms with Crippen molar-refractivity contribution < 1.29 is 19.1 Å². The average Bonchev–Trinajstić information content (AvgIpc) is 3.24. The second kappa shape index (κ2) is 9.74. The zero-order valence-corrected chi connectivity index (χ0v) is 16.1. The van der Waals surface area contributed by atoms with Gasteiger partial charge in [-0.3, -0.25) is 9.59 Å². The molecule has 6 nitrogen and oxygen atoms in total. The van der Waals surface area contributed by atoms with Crippen LogP contribution < -0.4 is 10.1 Å². The van der Waals surface area contributed by atoms with Gasteiger partial charge in [-0.15, -0.1) is 0 Å². The fraction of sp³-hybridized carbons (Fsp3) is 0.619. The Balaban J connectivity index is 1.46. The molecule has 2 fully saturated rings. The molecule has 0 spiro atoms. The van der Waals surface area contributed by atoms with Crippen LogP contribution in [0.5, 0.6) is 5.75 Å². The van der Waals surface area contributed by atoms with Crippen LogP contribution in [0.3, 0.4) is 0 Å². The predicted octanol–water partition coefficient (Wildman–Crippen LogP) is 2.62. The molecule has 0 aromatic heterocycles. The van der Waals surface area contributed by atoms with Gasteiger partial charge >= 0.3 is 0 Å². The largest absolute Gasteiger partial charge is 0.491 e. The molecule has 1 aromatic carbocycles. The maximum atomic E-state index is 12.7. The monoisotopic (exact) mass is 374 g/mol. The first-order chi connectivity index (χ1) is 13.2. The van der Waals surface area contributed by atoms with Crippen molar-refractivity contribution in [3.8, 4) is 5.75 Å². The molecule has 0 saturated carbocycles. The van der Waals surface area contributed by atoms with Gasteiger partial charge < -0.3 is 19.7 Å². The molecule has 27 heavy (non-hydrogen) atoms. The lowest BCUT2D eigenvalue weighted by atomic mass is 9.95. The van der Waals surface area contributed by atoms with Crippen LogP contribution in [0, 0.1) is 5.92 Å². The van der Waals surface area contributed by atoms with Crippen LogP contribution in [0.15, 0.2) is 24.3 Å². The lowest BCUT2D eigenvalue weighted by Crippen LogP contribution is -2.43. The van der Waals surface area contributed by atoms with Gasteiger partial charge in [-0.25, -0.2) is 0 Å². The molecule has 0 radical (unpaired) electrons. The van der Waals surface area contributed by atoms with Gasteiger partial charge in [0.2, 0.25) is 5.91 Å². The SMILES string of the molecule is CCCNC(=O)C1CCN(C(=O)c2ccc(OCC3CCCO3)cc2)CC1. The van der Waals surface area contributed by atoms with Gasteiger partial charge in [0, 0.05) is 37.7 Å². The first-order valence-corrected chi connectivity index (χ1v) is 10.1. The number of rotatable bonds is 7. The number of nitrogens with one attached hydrogen (secondary N) is 1. The summed E-state index contributed by atoms with van der Waals surface area (Å²) in [6.07, 6.45) is 4.72. The van der Waals surface area contributed by atoms with E-state index in [1.54, 1.807) is 0 Å². The highest BCUT2D eigenvalue weighted by Gasteiger charge is 2.27. The molecule has 1 aromatic rings. The van der Waals surface area contributed by atoms with Crippen molar-refractivity contribution in [2.45, 2.75) is 45.1 Å². The van der Waals surface area contributed by atoms with E-state index in [-0.39, 0.29) is 23.8 Å². The summed E-state index contributed by atoms with van der Waals surface area (Å²) in [4.78, 5) is 26.6. The molecule has 1 atom stereocenters. The maximum Gasteiger partial charge on any atom is 0.253 e. The lowest BCUT2D eigenvalue weighted by molar-refractivity contribution is -0.126. The van der Waals surface area contributed by atoms with E-state index >= 15 is 0 Å². The summed E-state index contributed by atoms with van der Waals surface area (Å²) in [5, 5.41) is 2.95. The van der Waals surface area contributed by atoms with Crippen molar-refractivity contribution in [1.82, 2.24) is 10.2 Å². The zero-order valence-electron chi connectivity index (χ0n) is 16.1. The number of hydrogen-bond donors (Lipinski definition) is 1. The Morgan fingerprint density at radius 2 is 1.93 bits per heavy atom. The molecule has 0 bridgehead atoms. The van der Waals surface area contributed by atoms with E-state index in [9.17, 15) is 9.59 Å². The van der Waals surface area contributed by atoms with Crippen LogP contribution in [-0.4, -0.2) is 55.7 Å². The van der Waals surface area contributed by atoms with Gasteiger partial charge in [-0.2, -0.15) is 0 Å². The van der Waals surface area contributed by atoms with E-state index in [0.29, 0.717) is 25.3 Å². The van der Waals surface area contributed by atoms with E-state index in [1.807, 2.05) is 36.1 Å². The van der Waals surface area contributed by atoms with Gasteiger partial charge in [0.1, 0.15) is 12.4 Å². The van der Waals surface area contributed by atoms with Crippen molar-refractivity contribution in [3.63, 3.8) is 0 Å². The van der Waals surface area contributed by atoms with Crippen LogP contribution in [0.2, 0.25) is 0 Å². The minimum Gasteiger partial charge on any atom is -0.491 e. The third-order valence-corrected chi connectivity index (χ3v) is 5.26. The van der Waals surface area contributed by atoms with Crippen LogP contribution in [-0.2, 0) is 9.53 Å². The minimum atomic E-state index is 0.0214. The molecule has 1 N–H and O–H groups in total. The highest BCUT2D eigenvalue weighted by molar-refractivity contribution is 5.94. The van der Waals surface area contributed by atoms with Gasteiger partial charge in [0.25, 0.3) is 5.91 Å². The molecule has 2 saturated heterocycles. The summed E-state index contributed by atoms with van der Waals surface area (Å²) in [6.45, 7) is 5.39. The summed E-state index contributed by atoms with van der Waals surface area (Å²) in [5.41, 5.74) is 0.661. The standard InChI is InChI=1S/C21H30N2O4/c1-2-11-22-20(24)16-9-12-23(13-10-16)21(25)17-5-7-18(8-6-17)27-15-19-4-3-14-26-19/h5-8,16,19H,2-4,9-15H2,1H3,(H,22,24). The maximum absolute atomic E-state index is 12.7. The van der Waals surface area contributed by atoms with Crippen LogP contribution in [0.25, 0.3) is 0 Å². The first-order valence-electron chi connectivity index (χ1n) is 10.1. The second-order valence-corrected chi connectivity index (χ2v) is 7.33. The molecule has 2 heterocycles. The summed E-state index contributed by atoms with van der Waals surface area (Å²) < 4.78 is 11.3. The molecule has 148 valence electrons. The number of hydrogen-bond acceptors (Lipinski definition) is 4. The topological polar surface area (TPSA) is 67.9 Å². The zero-order chi connectivity index (χ0) is 19.1. The van der Waals surface area contributed by atoms with Gasteiger partial charge in [-0.05, 0) is 56.4 Å². The number of likely N-dealkylation sites (tertiary alicyclic amines) is 1. The van der Waals surface area contributed by atoms with E-state index in [4.69, 9.17) is 9.47 Å². The number of amides is 2. The van der Waals surface area contributed by atoms with E-state index in [2.05, 4.69) is 5.32 Å². The van der Waals surface area contributed by atoms with Gasteiger partial charge in [0.15, 0.2) is 0 Å². The minimum absolute atomic E-state index is 0.0214. The van der Waals surface area contributed by atoms with Crippen LogP contribution >= 0.6 is 0 Å². The smallest absolute Gasteiger partial charge is 0.253 e. The summed E-state index contributed by atoms with van der Waals surface area (Å²) in [7, 11) is 0. The number of benzene rings is 1. The molecule has 1 unspecified atom stereocenters. The molecule has 3 rings (SSSR count). The molecular weight excluding hydrogens is 344 g/mol. The van der Waals surface area contributed by atoms with Gasteiger partial charge in [-0.1, -0.05) is 6.92 Å². The Kier molecular flexibility index (Phi) is 7.10. The Bertz CT molecular complexity index is 618. The summed E-state index contributed by atoms with van der Waals surface area (Å²) >= 11 is 0. The number of nitrogens with zero attached hydrogens (tertiary/aromatic N) is 1. The van der Waals surface area contributed by atoms with Crippen LogP contribution in [0.4, 0.5) is 0 Å². The van der Waals surface area contributed by atoms with Crippen molar-refractivity contribution >= 4 is 11.8 Å². The van der Waals surface area contributed by atoms with Crippen molar-refractivity contribution in [3.05, 3.63) is 29.8 Å². The quantitative estimate of drug-likeness (QED) is 0.797. The molecular formula is C21H30N2O4. The average molecular weight is 374 g/mol. The second-order valence-electron chi connectivity index (χ2n) is 7.33. The lowest BCUT2D eigenvalue weighted by Gasteiger charge is -2.31.